The SMILES string of the molecule is CC1(C)c2ccccc2-c2ccc(N(c3ccc(-c4ccccc4)cc3)c3cccc4c3-c3ccccc3C43c4ccccc4Oc4c(-c5ccccc5)cccc43)cc21. The van der Waals surface area contributed by atoms with Crippen LogP contribution in [0.25, 0.3) is 44.5 Å². The Morgan fingerprint density at radius 3 is 1.70 bits per heavy atom. The second kappa shape index (κ2) is 13.0. The van der Waals surface area contributed by atoms with Crippen LogP contribution in [0.3, 0.4) is 0 Å². The van der Waals surface area contributed by atoms with Crippen molar-refractivity contribution < 1.29 is 4.74 Å². The molecule has 0 amide bonds. The topological polar surface area (TPSA) is 12.5 Å². The summed E-state index contributed by atoms with van der Waals surface area (Å²) in [5.74, 6) is 1.79. The Balaban J connectivity index is 1.13. The van der Waals surface area contributed by atoms with Gasteiger partial charge in [0, 0.05) is 39.0 Å². The smallest absolute Gasteiger partial charge is 0.140 e. The van der Waals surface area contributed by atoms with Gasteiger partial charge in [0.25, 0.3) is 0 Å². The van der Waals surface area contributed by atoms with Gasteiger partial charge >= 0.3 is 0 Å². The monoisotopic (exact) mass is 767 g/mol. The minimum Gasteiger partial charge on any atom is -0.456 e. The van der Waals surface area contributed by atoms with Crippen LogP contribution in [0.4, 0.5) is 17.1 Å². The maximum Gasteiger partial charge on any atom is 0.140 e. The fourth-order valence-corrected chi connectivity index (χ4v) is 10.7. The van der Waals surface area contributed by atoms with E-state index < -0.39 is 5.41 Å². The summed E-state index contributed by atoms with van der Waals surface area (Å²) in [6, 6.07) is 77.8. The molecule has 1 unspecified atom stereocenters. The van der Waals surface area contributed by atoms with Crippen molar-refractivity contribution in [2.24, 2.45) is 0 Å². The molecule has 0 saturated carbocycles. The minimum atomic E-state index is -0.624. The van der Waals surface area contributed by atoms with Crippen molar-refractivity contribution in [3.8, 4) is 56.0 Å². The summed E-state index contributed by atoms with van der Waals surface area (Å²) in [5.41, 5.74) is 19.9. The average Bonchev–Trinajstić information content (AvgIpc) is 3.73. The fraction of sp³-hybridized carbons (Fsp3) is 0.0690. The van der Waals surface area contributed by atoms with Crippen LogP contribution in [0, 0.1) is 0 Å². The third kappa shape index (κ3) is 4.82. The number of fused-ring (bicyclic) bond motifs is 12. The number of para-hydroxylation sites is 2. The molecule has 9 aromatic carbocycles. The van der Waals surface area contributed by atoms with Gasteiger partial charge in [0.2, 0.25) is 0 Å². The van der Waals surface area contributed by atoms with Crippen LogP contribution in [0.15, 0.2) is 212 Å². The molecule has 284 valence electrons. The Labute approximate surface area is 351 Å². The zero-order chi connectivity index (χ0) is 40.0. The molecule has 1 aliphatic heterocycles. The van der Waals surface area contributed by atoms with Gasteiger partial charge in [0.1, 0.15) is 11.5 Å². The summed E-state index contributed by atoms with van der Waals surface area (Å²) in [6.07, 6.45) is 0. The predicted octanol–water partition coefficient (Wildman–Crippen LogP) is 15.3. The van der Waals surface area contributed by atoms with E-state index >= 15 is 0 Å². The molecule has 0 fully saturated rings. The van der Waals surface area contributed by atoms with Crippen LogP contribution < -0.4 is 9.64 Å². The summed E-state index contributed by atoms with van der Waals surface area (Å²) in [7, 11) is 0. The lowest BCUT2D eigenvalue weighted by Crippen LogP contribution is -2.32. The first-order chi connectivity index (χ1) is 29.5. The van der Waals surface area contributed by atoms with Crippen LogP contribution in [-0.4, -0.2) is 0 Å². The highest BCUT2D eigenvalue weighted by Crippen LogP contribution is 2.65. The maximum atomic E-state index is 7.02. The lowest BCUT2D eigenvalue weighted by atomic mass is 9.65. The molecule has 2 aliphatic carbocycles. The summed E-state index contributed by atoms with van der Waals surface area (Å²) < 4.78 is 7.02. The Bertz CT molecular complexity index is 3150. The summed E-state index contributed by atoms with van der Waals surface area (Å²) >= 11 is 0. The first kappa shape index (κ1) is 34.6. The molecule has 3 aliphatic rings. The van der Waals surface area contributed by atoms with E-state index in [-0.39, 0.29) is 5.41 Å². The van der Waals surface area contributed by atoms with Gasteiger partial charge in [0.05, 0.1) is 11.1 Å². The van der Waals surface area contributed by atoms with Crippen LogP contribution in [0.5, 0.6) is 11.5 Å². The molecular weight excluding hydrogens is 727 g/mol. The lowest BCUT2D eigenvalue weighted by Gasteiger charge is -2.40. The Morgan fingerprint density at radius 1 is 0.367 bits per heavy atom. The van der Waals surface area contributed by atoms with Gasteiger partial charge < -0.3 is 9.64 Å². The first-order valence-electron chi connectivity index (χ1n) is 20.9. The number of anilines is 3. The van der Waals surface area contributed by atoms with Gasteiger partial charge in [-0.3, -0.25) is 0 Å². The summed E-state index contributed by atoms with van der Waals surface area (Å²) in [6.45, 7) is 4.73. The molecule has 60 heavy (non-hydrogen) atoms. The van der Waals surface area contributed by atoms with Crippen molar-refractivity contribution in [1.82, 2.24) is 0 Å². The molecule has 2 nitrogen and oxygen atoms in total. The van der Waals surface area contributed by atoms with Crippen LogP contribution in [-0.2, 0) is 10.8 Å². The Morgan fingerprint density at radius 2 is 0.917 bits per heavy atom. The van der Waals surface area contributed by atoms with Crippen molar-refractivity contribution in [3.05, 3.63) is 246 Å². The molecule has 9 aromatic rings. The number of rotatable bonds is 5. The molecule has 0 radical (unpaired) electrons. The van der Waals surface area contributed by atoms with Crippen molar-refractivity contribution in [1.29, 1.82) is 0 Å². The van der Waals surface area contributed by atoms with E-state index in [9.17, 15) is 0 Å². The largest absolute Gasteiger partial charge is 0.456 e. The van der Waals surface area contributed by atoms with Crippen molar-refractivity contribution in [2.75, 3.05) is 4.90 Å². The van der Waals surface area contributed by atoms with Crippen LogP contribution >= 0.6 is 0 Å². The van der Waals surface area contributed by atoms with Crippen molar-refractivity contribution in [2.45, 2.75) is 24.7 Å². The molecule has 0 aromatic heterocycles. The van der Waals surface area contributed by atoms with Gasteiger partial charge in [-0.05, 0) is 92.0 Å². The van der Waals surface area contributed by atoms with Gasteiger partial charge in [-0.1, -0.05) is 190 Å². The number of nitrogens with zero attached hydrogens (tertiary/aromatic N) is 1. The third-order valence-corrected chi connectivity index (χ3v) is 13.4. The highest BCUT2D eigenvalue weighted by molar-refractivity contribution is 5.99. The van der Waals surface area contributed by atoms with E-state index in [1.54, 1.807) is 0 Å². The highest BCUT2D eigenvalue weighted by Gasteiger charge is 2.52. The van der Waals surface area contributed by atoms with Crippen LogP contribution in [0.1, 0.15) is 47.2 Å². The van der Waals surface area contributed by atoms with Gasteiger partial charge in [0.15, 0.2) is 0 Å². The van der Waals surface area contributed by atoms with Crippen molar-refractivity contribution >= 4 is 17.1 Å². The van der Waals surface area contributed by atoms with Gasteiger partial charge in [-0.25, -0.2) is 0 Å². The van der Waals surface area contributed by atoms with E-state index in [0.29, 0.717) is 0 Å². The summed E-state index contributed by atoms with van der Waals surface area (Å²) in [4.78, 5) is 2.50. The molecule has 1 spiro atoms. The third-order valence-electron chi connectivity index (χ3n) is 13.4. The Kier molecular flexibility index (Phi) is 7.52. The molecule has 0 bridgehead atoms. The first-order valence-corrected chi connectivity index (χ1v) is 20.9. The zero-order valence-corrected chi connectivity index (χ0v) is 33.6. The Hall–Kier alpha value is -7.42. The standard InChI is InChI=1S/C58H41NO/c1-57(2)47-24-11-9-21-44(47)45-36-35-42(37-52(45)57)59(41-33-31-39(32-34-41)38-17-5-3-6-18-38)53-29-16-27-50-55(53)46-22-10-12-25-48(46)58(50)49-26-13-14-30-54(49)60-56-43(23-15-28-51(56)58)40-19-7-4-8-20-40/h3-37H,1-2H3. The highest BCUT2D eigenvalue weighted by atomic mass is 16.5. The molecule has 1 atom stereocenters. The lowest BCUT2D eigenvalue weighted by molar-refractivity contribution is 0.438. The quantitative estimate of drug-likeness (QED) is 0.173. The average molecular weight is 768 g/mol. The van der Waals surface area contributed by atoms with Crippen molar-refractivity contribution in [3.63, 3.8) is 0 Å². The fourth-order valence-electron chi connectivity index (χ4n) is 10.7. The van der Waals surface area contributed by atoms with Crippen LogP contribution in [0.2, 0.25) is 0 Å². The number of ether oxygens (including phenoxy) is 1. The molecule has 0 N–H and O–H groups in total. The van der Waals surface area contributed by atoms with E-state index in [1.165, 1.54) is 55.6 Å². The van der Waals surface area contributed by atoms with Gasteiger partial charge in [-0.15, -0.1) is 0 Å². The van der Waals surface area contributed by atoms with E-state index in [4.69, 9.17) is 4.74 Å². The predicted molar refractivity (Wildman–Crippen MR) is 247 cm³/mol. The molecule has 0 saturated heterocycles. The molecule has 12 rings (SSSR count). The number of hydrogen-bond donors (Lipinski definition) is 0. The maximum absolute atomic E-state index is 7.02. The van der Waals surface area contributed by atoms with E-state index in [0.717, 1.165) is 50.8 Å². The number of hydrogen-bond acceptors (Lipinski definition) is 2. The normalized spacial score (nSPS) is 15.8. The minimum absolute atomic E-state index is 0.147. The number of benzene rings is 9. The second-order valence-electron chi connectivity index (χ2n) is 16.8. The second-order valence-corrected chi connectivity index (χ2v) is 16.8. The summed E-state index contributed by atoms with van der Waals surface area (Å²) in [5, 5.41) is 0. The molecular formula is C58H41NO. The van der Waals surface area contributed by atoms with E-state index in [2.05, 4.69) is 231 Å². The zero-order valence-electron chi connectivity index (χ0n) is 33.6. The molecule has 2 heteroatoms. The van der Waals surface area contributed by atoms with E-state index in [1.807, 2.05) is 0 Å². The van der Waals surface area contributed by atoms with Gasteiger partial charge in [-0.2, -0.15) is 0 Å². The molecule has 1 heterocycles.